The number of rotatable bonds is 4. The van der Waals surface area contributed by atoms with Crippen molar-refractivity contribution in [2.75, 3.05) is 13.7 Å². The summed E-state index contributed by atoms with van der Waals surface area (Å²) >= 11 is 6.23. The monoisotopic (exact) mass is 295 g/mol. The molecule has 5 nitrogen and oxygen atoms in total. The summed E-state index contributed by atoms with van der Waals surface area (Å²) in [6, 6.07) is 6.61. The topological polar surface area (TPSA) is 68.7 Å². The van der Waals surface area contributed by atoms with Crippen LogP contribution in [0.15, 0.2) is 24.3 Å². The molecule has 0 amide bonds. The maximum Gasteiger partial charge on any atom is 0.339 e. The Kier molecular flexibility index (Phi) is 4.42. The van der Waals surface area contributed by atoms with Crippen LogP contribution in [0.2, 0.25) is 5.02 Å². The fraction of sp³-hybridized carbons (Fsp3) is 0.286. The highest BCUT2D eigenvalue weighted by Gasteiger charge is 2.22. The minimum atomic E-state index is -1.41. The van der Waals surface area contributed by atoms with Crippen molar-refractivity contribution < 1.29 is 19.4 Å². The molecule has 0 saturated carbocycles. The smallest absolute Gasteiger partial charge is 0.339 e. The number of methoxy groups -OCH3 is 1. The molecule has 0 aliphatic rings. The van der Waals surface area contributed by atoms with Gasteiger partial charge in [-0.15, -0.1) is 0 Å². The van der Waals surface area contributed by atoms with Crippen LogP contribution in [0.4, 0.5) is 0 Å². The predicted octanol–water partition coefficient (Wildman–Crippen LogP) is 2.49. The van der Waals surface area contributed by atoms with E-state index in [4.69, 9.17) is 21.1 Å². The van der Waals surface area contributed by atoms with E-state index in [9.17, 15) is 9.90 Å². The molecule has 1 unspecified atom stereocenters. The van der Waals surface area contributed by atoms with E-state index in [1.807, 2.05) is 0 Å². The van der Waals surface area contributed by atoms with E-state index in [0.29, 0.717) is 22.3 Å². The number of fused-ring (bicyclic) bond motifs is 1. The first kappa shape index (κ1) is 14.6. The Morgan fingerprint density at radius 1 is 1.40 bits per heavy atom. The van der Waals surface area contributed by atoms with E-state index in [2.05, 4.69) is 4.98 Å². The van der Waals surface area contributed by atoms with Gasteiger partial charge in [-0.2, -0.15) is 0 Å². The highest BCUT2D eigenvalue weighted by molar-refractivity contribution is 6.36. The van der Waals surface area contributed by atoms with Gasteiger partial charge in [0.1, 0.15) is 0 Å². The van der Waals surface area contributed by atoms with Crippen LogP contribution in [-0.2, 0) is 9.53 Å². The second-order valence-electron chi connectivity index (χ2n) is 4.04. The van der Waals surface area contributed by atoms with Crippen molar-refractivity contribution in [1.29, 1.82) is 0 Å². The van der Waals surface area contributed by atoms with Gasteiger partial charge in [0.25, 0.3) is 0 Å². The van der Waals surface area contributed by atoms with Crippen molar-refractivity contribution in [2.45, 2.75) is 13.0 Å². The van der Waals surface area contributed by atoms with Crippen molar-refractivity contribution in [3.05, 3.63) is 34.9 Å². The number of aliphatic hydroxyl groups excluding tert-OH is 1. The molecule has 1 aromatic heterocycles. The number of benzene rings is 1. The average Bonchev–Trinajstić information content (AvgIpc) is 2.46. The Balaban J connectivity index is 2.46. The fourth-order valence-corrected chi connectivity index (χ4v) is 2.17. The molecule has 0 radical (unpaired) electrons. The summed E-state index contributed by atoms with van der Waals surface area (Å²) in [5.74, 6) is -0.262. The number of pyridine rings is 1. The molecular weight excluding hydrogens is 282 g/mol. The van der Waals surface area contributed by atoms with Crippen LogP contribution in [0.25, 0.3) is 10.9 Å². The van der Waals surface area contributed by atoms with Crippen molar-refractivity contribution in [2.24, 2.45) is 0 Å². The quantitative estimate of drug-likeness (QED) is 0.878. The Bertz CT molecular complexity index is 644. The fourth-order valence-electron chi connectivity index (χ4n) is 1.84. The van der Waals surface area contributed by atoms with Crippen LogP contribution in [-0.4, -0.2) is 29.8 Å². The maximum atomic E-state index is 11.6. The number of halogens is 1. The zero-order valence-corrected chi connectivity index (χ0v) is 11.8. The minimum Gasteiger partial charge on any atom is -0.481 e. The van der Waals surface area contributed by atoms with E-state index >= 15 is 0 Å². The van der Waals surface area contributed by atoms with Crippen molar-refractivity contribution >= 4 is 28.5 Å². The Morgan fingerprint density at radius 3 is 2.80 bits per heavy atom. The number of aromatic nitrogens is 1. The molecule has 1 N–H and O–H groups in total. The first-order valence-electron chi connectivity index (χ1n) is 6.06. The predicted molar refractivity (Wildman–Crippen MR) is 74.9 cm³/mol. The van der Waals surface area contributed by atoms with Gasteiger partial charge < -0.3 is 14.6 Å². The Hall–Kier alpha value is -1.85. The first-order chi connectivity index (χ1) is 9.58. The molecule has 0 spiro atoms. The molecule has 0 aliphatic carbocycles. The third-order valence-electron chi connectivity index (χ3n) is 2.82. The zero-order chi connectivity index (χ0) is 14.7. The lowest BCUT2D eigenvalue weighted by Gasteiger charge is -2.13. The van der Waals surface area contributed by atoms with E-state index < -0.39 is 12.1 Å². The maximum absolute atomic E-state index is 11.6. The third kappa shape index (κ3) is 2.69. The zero-order valence-electron chi connectivity index (χ0n) is 11.1. The summed E-state index contributed by atoms with van der Waals surface area (Å²) in [5.41, 5.74) is 0.916. The molecular formula is C14H14ClNO4. The summed E-state index contributed by atoms with van der Waals surface area (Å²) in [6.45, 7) is 1.86. The minimum absolute atomic E-state index is 0.194. The van der Waals surface area contributed by atoms with Crippen molar-refractivity contribution in [1.82, 2.24) is 4.98 Å². The number of carbonyl (C=O) groups is 1. The molecule has 1 heterocycles. The summed E-state index contributed by atoms with van der Waals surface area (Å²) in [4.78, 5) is 15.8. The molecule has 2 rings (SSSR count). The Labute approximate surface area is 121 Å². The highest BCUT2D eigenvalue weighted by Crippen LogP contribution is 2.31. The second kappa shape index (κ2) is 6.07. The summed E-state index contributed by atoms with van der Waals surface area (Å²) in [5, 5.41) is 10.9. The molecule has 0 fully saturated rings. The van der Waals surface area contributed by atoms with Crippen molar-refractivity contribution in [3.63, 3.8) is 0 Å². The van der Waals surface area contributed by atoms with Crippen LogP contribution in [0.1, 0.15) is 18.6 Å². The third-order valence-corrected chi connectivity index (χ3v) is 3.25. The van der Waals surface area contributed by atoms with E-state index in [1.165, 1.54) is 7.11 Å². The van der Waals surface area contributed by atoms with Gasteiger partial charge in [-0.05, 0) is 19.1 Å². The lowest BCUT2D eigenvalue weighted by atomic mass is 10.1. The molecule has 0 aliphatic heterocycles. The standard InChI is InChI=1S/C14H14ClNO4/c1-3-20-14(18)13(17)9-4-6-10-8(12(9)15)5-7-11(16-10)19-2/h4-7,13,17H,3H2,1-2H3. The molecule has 0 bridgehead atoms. The van der Waals surface area contributed by atoms with Gasteiger partial charge in [0.2, 0.25) is 5.88 Å². The first-order valence-corrected chi connectivity index (χ1v) is 6.44. The molecule has 20 heavy (non-hydrogen) atoms. The molecule has 0 saturated heterocycles. The van der Waals surface area contributed by atoms with Gasteiger partial charge in [0.15, 0.2) is 6.10 Å². The summed E-state index contributed by atoms with van der Waals surface area (Å²) < 4.78 is 9.81. The second-order valence-corrected chi connectivity index (χ2v) is 4.42. The molecule has 2 aromatic rings. The largest absolute Gasteiger partial charge is 0.481 e. The number of ether oxygens (including phenoxy) is 2. The number of hydrogen-bond donors (Lipinski definition) is 1. The Morgan fingerprint density at radius 2 is 2.15 bits per heavy atom. The van der Waals surface area contributed by atoms with Gasteiger partial charge in [0.05, 0.1) is 24.3 Å². The number of nitrogens with zero attached hydrogens (tertiary/aromatic N) is 1. The number of hydrogen-bond acceptors (Lipinski definition) is 5. The number of aliphatic hydroxyl groups is 1. The normalized spacial score (nSPS) is 12.2. The van der Waals surface area contributed by atoms with Gasteiger partial charge in [-0.1, -0.05) is 17.7 Å². The van der Waals surface area contributed by atoms with Gasteiger partial charge in [-0.3, -0.25) is 0 Å². The van der Waals surface area contributed by atoms with Gasteiger partial charge >= 0.3 is 5.97 Å². The van der Waals surface area contributed by atoms with Crippen LogP contribution in [0.3, 0.4) is 0 Å². The van der Waals surface area contributed by atoms with E-state index in [-0.39, 0.29) is 11.6 Å². The van der Waals surface area contributed by atoms with E-state index in [0.717, 1.165) is 0 Å². The average molecular weight is 296 g/mol. The summed E-state index contributed by atoms with van der Waals surface area (Å²) in [6.07, 6.45) is -1.41. The molecule has 1 aromatic carbocycles. The molecule has 106 valence electrons. The van der Waals surface area contributed by atoms with Crippen LogP contribution >= 0.6 is 11.6 Å². The lowest BCUT2D eigenvalue weighted by Crippen LogP contribution is -2.15. The number of carbonyl (C=O) groups excluding carboxylic acids is 1. The SMILES string of the molecule is CCOC(=O)C(O)c1ccc2nc(OC)ccc2c1Cl. The van der Waals surface area contributed by atoms with Crippen molar-refractivity contribution in [3.8, 4) is 5.88 Å². The molecule has 6 heteroatoms. The van der Waals surface area contributed by atoms with Gasteiger partial charge in [0, 0.05) is 17.0 Å². The number of esters is 1. The van der Waals surface area contributed by atoms with E-state index in [1.54, 1.807) is 31.2 Å². The van der Waals surface area contributed by atoms with Crippen LogP contribution in [0, 0.1) is 0 Å². The van der Waals surface area contributed by atoms with Gasteiger partial charge in [-0.25, -0.2) is 9.78 Å². The highest BCUT2D eigenvalue weighted by atomic mass is 35.5. The lowest BCUT2D eigenvalue weighted by molar-refractivity contribution is -0.153. The summed E-state index contributed by atoms with van der Waals surface area (Å²) in [7, 11) is 1.52. The van der Waals surface area contributed by atoms with Crippen LogP contribution in [0.5, 0.6) is 5.88 Å². The van der Waals surface area contributed by atoms with Crippen LogP contribution < -0.4 is 4.74 Å². The molecule has 1 atom stereocenters.